The summed E-state index contributed by atoms with van der Waals surface area (Å²) < 4.78 is 0. The number of nitrogens with zero attached hydrogens (tertiary/aromatic N) is 3. The number of benzene rings is 1. The average molecular weight is 374 g/mol. The van der Waals surface area contributed by atoms with E-state index in [1.165, 1.54) is 31.7 Å². The molecule has 1 fully saturated rings. The maximum atomic E-state index is 5.72. The largest absolute Gasteiger partial charge is 0.309 e. The quantitative estimate of drug-likeness (QED) is 0.644. The Hall–Kier alpha value is -0.320. The zero-order valence-electron chi connectivity index (χ0n) is 15.3. The Kier molecular flexibility index (Phi) is 12.6. The summed E-state index contributed by atoms with van der Waals surface area (Å²) in [5.74, 6) is 1.56. The molecule has 0 N–H and O–H groups in total. The minimum Gasteiger partial charge on any atom is -0.309 e. The summed E-state index contributed by atoms with van der Waals surface area (Å²) in [5.41, 5.74) is 1.42. The van der Waals surface area contributed by atoms with Crippen molar-refractivity contribution in [2.24, 2.45) is 0 Å². The molecule has 1 aromatic rings. The molecule has 138 valence electrons. The van der Waals surface area contributed by atoms with Crippen LogP contribution in [-0.4, -0.2) is 79.8 Å². The molecule has 0 aliphatic carbocycles. The van der Waals surface area contributed by atoms with Crippen LogP contribution in [0.1, 0.15) is 18.4 Å². The van der Waals surface area contributed by atoms with Gasteiger partial charge in [-0.05, 0) is 45.6 Å². The van der Waals surface area contributed by atoms with E-state index < -0.39 is 0 Å². The van der Waals surface area contributed by atoms with E-state index in [0.29, 0.717) is 0 Å². The molecule has 0 bridgehead atoms. The highest BCUT2D eigenvalue weighted by molar-refractivity contribution is 6.18. The normalized spacial score (nSPS) is 16.0. The van der Waals surface area contributed by atoms with Gasteiger partial charge in [-0.15, -0.1) is 23.2 Å². The number of halogens is 2. The van der Waals surface area contributed by atoms with Gasteiger partial charge in [0.25, 0.3) is 0 Å². The average Bonchev–Trinajstić information content (AvgIpc) is 2.61. The van der Waals surface area contributed by atoms with Crippen molar-refractivity contribution in [2.45, 2.75) is 19.4 Å². The first kappa shape index (κ1) is 21.7. The molecule has 24 heavy (non-hydrogen) atoms. The van der Waals surface area contributed by atoms with Gasteiger partial charge in [-0.1, -0.05) is 30.3 Å². The Bertz CT molecular complexity index is 393. The molecule has 0 atom stereocenters. The summed E-state index contributed by atoms with van der Waals surface area (Å²) in [4.78, 5) is 7.18. The molecule has 0 saturated carbocycles. The van der Waals surface area contributed by atoms with Crippen molar-refractivity contribution >= 4 is 23.2 Å². The number of rotatable bonds is 8. The molecular formula is C19H33Cl2N3. The van der Waals surface area contributed by atoms with E-state index in [1.54, 1.807) is 0 Å². The van der Waals surface area contributed by atoms with Crippen LogP contribution in [0.2, 0.25) is 0 Å². The highest BCUT2D eigenvalue weighted by Gasteiger charge is 2.15. The fraction of sp³-hybridized carbons (Fsp3) is 0.684. The second-order valence-corrected chi connectivity index (χ2v) is 7.25. The molecule has 1 heterocycles. The molecule has 1 aliphatic heterocycles. The molecule has 0 amide bonds. The fourth-order valence-electron chi connectivity index (χ4n) is 2.67. The summed E-state index contributed by atoms with van der Waals surface area (Å²) >= 11 is 11.1. The number of piperazine rings is 1. The van der Waals surface area contributed by atoms with Gasteiger partial charge < -0.3 is 9.80 Å². The Morgan fingerprint density at radius 1 is 0.875 bits per heavy atom. The monoisotopic (exact) mass is 373 g/mol. The lowest BCUT2D eigenvalue weighted by Gasteiger charge is -2.34. The SMILES string of the molecule is CN(C)CCCCl.ClCCCN1CCN(Cc2ccccc2)CC1. The van der Waals surface area contributed by atoms with E-state index in [4.69, 9.17) is 23.2 Å². The van der Waals surface area contributed by atoms with Crippen molar-refractivity contribution in [1.82, 2.24) is 14.7 Å². The second kappa shape index (κ2) is 13.9. The Morgan fingerprint density at radius 2 is 1.46 bits per heavy atom. The van der Waals surface area contributed by atoms with Crippen molar-refractivity contribution in [3.8, 4) is 0 Å². The number of hydrogen-bond donors (Lipinski definition) is 0. The van der Waals surface area contributed by atoms with Gasteiger partial charge in [0.05, 0.1) is 0 Å². The van der Waals surface area contributed by atoms with Crippen molar-refractivity contribution in [1.29, 1.82) is 0 Å². The predicted molar refractivity (Wildman–Crippen MR) is 107 cm³/mol. The number of hydrogen-bond acceptors (Lipinski definition) is 3. The van der Waals surface area contributed by atoms with Crippen molar-refractivity contribution in [3.05, 3.63) is 35.9 Å². The van der Waals surface area contributed by atoms with Gasteiger partial charge in [0.2, 0.25) is 0 Å². The lowest BCUT2D eigenvalue weighted by molar-refractivity contribution is 0.127. The van der Waals surface area contributed by atoms with E-state index >= 15 is 0 Å². The van der Waals surface area contributed by atoms with Crippen LogP contribution in [0.15, 0.2) is 30.3 Å². The molecule has 0 radical (unpaired) electrons. The first-order valence-corrected chi connectivity index (χ1v) is 9.98. The van der Waals surface area contributed by atoms with Gasteiger partial charge in [0.15, 0.2) is 0 Å². The van der Waals surface area contributed by atoms with E-state index in [0.717, 1.165) is 44.2 Å². The van der Waals surface area contributed by atoms with Crippen LogP contribution in [0.25, 0.3) is 0 Å². The predicted octanol–water partition coefficient (Wildman–Crippen LogP) is 3.61. The third-order valence-corrected chi connectivity index (χ3v) is 4.60. The molecule has 0 spiro atoms. The summed E-state index contributed by atoms with van der Waals surface area (Å²) in [5, 5.41) is 0. The van der Waals surface area contributed by atoms with Crippen molar-refractivity contribution < 1.29 is 0 Å². The van der Waals surface area contributed by atoms with Gasteiger partial charge in [-0.2, -0.15) is 0 Å². The first-order valence-electron chi connectivity index (χ1n) is 8.91. The van der Waals surface area contributed by atoms with Gasteiger partial charge in [-0.3, -0.25) is 4.90 Å². The lowest BCUT2D eigenvalue weighted by Crippen LogP contribution is -2.46. The smallest absolute Gasteiger partial charge is 0.0235 e. The Balaban J connectivity index is 0.000000351. The van der Waals surface area contributed by atoms with E-state index in [1.807, 2.05) is 14.1 Å². The summed E-state index contributed by atoms with van der Waals surface area (Å²) in [6, 6.07) is 10.7. The summed E-state index contributed by atoms with van der Waals surface area (Å²) in [6.45, 7) is 8.07. The van der Waals surface area contributed by atoms with Crippen LogP contribution in [0.4, 0.5) is 0 Å². The molecular weight excluding hydrogens is 341 g/mol. The minimum atomic E-state index is 0.776. The minimum absolute atomic E-state index is 0.776. The zero-order chi connectivity index (χ0) is 17.6. The molecule has 3 nitrogen and oxygen atoms in total. The van der Waals surface area contributed by atoms with Crippen LogP contribution in [0.3, 0.4) is 0 Å². The lowest BCUT2D eigenvalue weighted by atomic mass is 10.2. The number of alkyl halides is 2. The van der Waals surface area contributed by atoms with Gasteiger partial charge in [0, 0.05) is 44.5 Å². The van der Waals surface area contributed by atoms with Crippen LogP contribution >= 0.6 is 23.2 Å². The van der Waals surface area contributed by atoms with Crippen molar-refractivity contribution in [3.63, 3.8) is 0 Å². The Labute approximate surface area is 158 Å². The Morgan fingerprint density at radius 3 is 1.96 bits per heavy atom. The molecule has 1 aliphatic rings. The van der Waals surface area contributed by atoms with Gasteiger partial charge in [-0.25, -0.2) is 0 Å². The molecule has 0 aromatic heterocycles. The van der Waals surface area contributed by atoms with Crippen LogP contribution in [-0.2, 0) is 6.54 Å². The maximum absolute atomic E-state index is 5.72. The van der Waals surface area contributed by atoms with E-state index in [9.17, 15) is 0 Å². The van der Waals surface area contributed by atoms with Gasteiger partial charge in [0.1, 0.15) is 0 Å². The van der Waals surface area contributed by atoms with E-state index in [-0.39, 0.29) is 0 Å². The molecule has 1 aromatic carbocycles. The third-order valence-electron chi connectivity index (χ3n) is 4.06. The van der Waals surface area contributed by atoms with Crippen LogP contribution < -0.4 is 0 Å². The van der Waals surface area contributed by atoms with Crippen LogP contribution in [0, 0.1) is 0 Å². The molecule has 2 rings (SSSR count). The third kappa shape index (κ3) is 10.5. The van der Waals surface area contributed by atoms with E-state index in [2.05, 4.69) is 45.0 Å². The van der Waals surface area contributed by atoms with Gasteiger partial charge >= 0.3 is 0 Å². The molecule has 0 unspecified atom stereocenters. The second-order valence-electron chi connectivity index (χ2n) is 6.49. The first-order chi connectivity index (χ1) is 11.7. The fourth-order valence-corrected chi connectivity index (χ4v) is 2.91. The maximum Gasteiger partial charge on any atom is 0.0235 e. The zero-order valence-corrected chi connectivity index (χ0v) is 16.8. The summed E-state index contributed by atoms with van der Waals surface area (Å²) in [7, 11) is 4.10. The molecule has 1 saturated heterocycles. The van der Waals surface area contributed by atoms with Crippen molar-refractivity contribution in [2.75, 3.05) is 65.1 Å². The standard InChI is InChI=1S/C14H21ClN2.C5H12ClN/c15-7-4-8-16-9-11-17(12-10-16)13-14-5-2-1-3-6-14;1-7(2)5-3-4-6/h1-3,5-6H,4,7-13H2;3-5H2,1-2H3. The van der Waals surface area contributed by atoms with Crippen LogP contribution in [0.5, 0.6) is 0 Å². The highest BCUT2D eigenvalue weighted by Crippen LogP contribution is 2.08. The molecule has 5 heteroatoms. The summed E-state index contributed by atoms with van der Waals surface area (Å²) in [6.07, 6.45) is 2.20. The highest BCUT2D eigenvalue weighted by atomic mass is 35.5. The topological polar surface area (TPSA) is 9.72 Å².